The maximum atomic E-state index is 8.96. The molecule has 1 fully saturated rings. The SMILES string of the molecule is CC1OCOCC1OC(O)C(O)O. The lowest BCUT2D eigenvalue weighted by atomic mass is 10.2. The smallest absolute Gasteiger partial charge is 0.206 e. The van der Waals surface area contributed by atoms with Crippen LogP contribution in [0.5, 0.6) is 0 Å². The molecule has 78 valence electrons. The van der Waals surface area contributed by atoms with E-state index in [0.29, 0.717) is 0 Å². The molecule has 13 heavy (non-hydrogen) atoms. The third-order valence-corrected chi connectivity index (χ3v) is 1.79. The normalized spacial score (nSPS) is 32.1. The molecule has 3 unspecified atom stereocenters. The van der Waals surface area contributed by atoms with Crippen molar-refractivity contribution in [1.29, 1.82) is 0 Å². The Kier molecular flexibility index (Phi) is 4.04. The third-order valence-electron chi connectivity index (χ3n) is 1.79. The average Bonchev–Trinajstić information content (AvgIpc) is 2.08. The van der Waals surface area contributed by atoms with Gasteiger partial charge in [0.15, 0.2) is 0 Å². The number of aliphatic hydroxyl groups is 3. The van der Waals surface area contributed by atoms with E-state index >= 15 is 0 Å². The van der Waals surface area contributed by atoms with Crippen LogP contribution in [0.4, 0.5) is 0 Å². The molecule has 0 amide bonds. The second-order valence-corrected chi connectivity index (χ2v) is 2.84. The van der Waals surface area contributed by atoms with Gasteiger partial charge < -0.3 is 29.5 Å². The van der Waals surface area contributed by atoms with E-state index in [1.54, 1.807) is 6.92 Å². The minimum atomic E-state index is -1.91. The molecule has 1 rings (SSSR count). The van der Waals surface area contributed by atoms with Crippen molar-refractivity contribution >= 4 is 0 Å². The fourth-order valence-corrected chi connectivity index (χ4v) is 0.962. The minimum absolute atomic E-state index is 0.193. The highest BCUT2D eigenvalue weighted by atomic mass is 16.7. The number of ether oxygens (including phenoxy) is 3. The highest BCUT2D eigenvalue weighted by Crippen LogP contribution is 2.12. The van der Waals surface area contributed by atoms with Crippen LogP contribution in [0.15, 0.2) is 0 Å². The second kappa shape index (κ2) is 4.85. The van der Waals surface area contributed by atoms with E-state index in [9.17, 15) is 0 Å². The van der Waals surface area contributed by atoms with Crippen molar-refractivity contribution < 1.29 is 29.5 Å². The molecule has 6 heteroatoms. The van der Waals surface area contributed by atoms with Crippen LogP contribution in [0.25, 0.3) is 0 Å². The summed E-state index contributed by atoms with van der Waals surface area (Å²) in [4.78, 5) is 0. The van der Waals surface area contributed by atoms with Gasteiger partial charge in [0, 0.05) is 0 Å². The van der Waals surface area contributed by atoms with Crippen LogP contribution in [0.1, 0.15) is 6.92 Å². The largest absolute Gasteiger partial charge is 0.364 e. The standard InChI is InChI=1S/C7H14O6/c1-4-5(2-11-3-12-4)13-7(10)6(8)9/h4-10H,2-3H2,1H3. The van der Waals surface area contributed by atoms with Crippen molar-refractivity contribution in [3.8, 4) is 0 Å². The Bertz CT molecular complexity index is 150. The van der Waals surface area contributed by atoms with Gasteiger partial charge in [-0.3, -0.25) is 0 Å². The van der Waals surface area contributed by atoms with Crippen LogP contribution in [0.3, 0.4) is 0 Å². The van der Waals surface area contributed by atoms with Gasteiger partial charge in [-0.2, -0.15) is 0 Å². The zero-order chi connectivity index (χ0) is 9.84. The van der Waals surface area contributed by atoms with Crippen molar-refractivity contribution in [2.24, 2.45) is 0 Å². The zero-order valence-electron chi connectivity index (χ0n) is 7.29. The van der Waals surface area contributed by atoms with Gasteiger partial charge in [-0.15, -0.1) is 0 Å². The number of hydrogen-bond acceptors (Lipinski definition) is 6. The summed E-state index contributed by atoms with van der Waals surface area (Å²) in [7, 11) is 0. The van der Waals surface area contributed by atoms with Crippen molar-refractivity contribution in [3.05, 3.63) is 0 Å². The highest BCUT2D eigenvalue weighted by molar-refractivity contribution is 4.68. The van der Waals surface area contributed by atoms with E-state index in [-0.39, 0.29) is 19.5 Å². The summed E-state index contributed by atoms with van der Waals surface area (Å²) in [6, 6.07) is 0. The summed E-state index contributed by atoms with van der Waals surface area (Å²) in [5, 5.41) is 26.0. The van der Waals surface area contributed by atoms with Gasteiger partial charge in [-0.25, -0.2) is 0 Å². The fourth-order valence-electron chi connectivity index (χ4n) is 0.962. The maximum absolute atomic E-state index is 8.96. The summed E-state index contributed by atoms with van der Waals surface area (Å²) in [6.45, 7) is 2.22. The van der Waals surface area contributed by atoms with Crippen LogP contribution in [0.2, 0.25) is 0 Å². The van der Waals surface area contributed by atoms with Gasteiger partial charge in [-0.1, -0.05) is 0 Å². The van der Waals surface area contributed by atoms with Crippen LogP contribution in [-0.2, 0) is 14.2 Å². The lowest BCUT2D eigenvalue weighted by Gasteiger charge is -2.30. The van der Waals surface area contributed by atoms with E-state index in [1.807, 2.05) is 0 Å². The summed E-state index contributed by atoms with van der Waals surface area (Å²) in [5.41, 5.74) is 0. The van der Waals surface area contributed by atoms with Gasteiger partial charge in [0.1, 0.15) is 12.9 Å². The monoisotopic (exact) mass is 194 g/mol. The van der Waals surface area contributed by atoms with Crippen molar-refractivity contribution in [1.82, 2.24) is 0 Å². The maximum Gasteiger partial charge on any atom is 0.206 e. The topological polar surface area (TPSA) is 88.4 Å². The molecule has 3 atom stereocenters. The molecule has 0 aliphatic carbocycles. The van der Waals surface area contributed by atoms with Gasteiger partial charge in [0.2, 0.25) is 12.6 Å². The molecular weight excluding hydrogens is 180 g/mol. The van der Waals surface area contributed by atoms with Gasteiger partial charge >= 0.3 is 0 Å². The van der Waals surface area contributed by atoms with E-state index in [2.05, 4.69) is 0 Å². The average molecular weight is 194 g/mol. The first kappa shape index (κ1) is 10.8. The zero-order valence-corrected chi connectivity index (χ0v) is 7.29. The molecule has 6 nitrogen and oxygen atoms in total. The summed E-state index contributed by atoms with van der Waals surface area (Å²) < 4.78 is 14.8. The second-order valence-electron chi connectivity index (χ2n) is 2.84. The molecule has 1 heterocycles. The van der Waals surface area contributed by atoms with Crippen LogP contribution in [0, 0.1) is 0 Å². The molecule has 1 saturated heterocycles. The minimum Gasteiger partial charge on any atom is -0.364 e. The van der Waals surface area contributed by atoms with Gasteiger partial charge in [0.25, 0.3) is 0 Å². The van der Waals surface area contributed by atoms with Gasteiger partial charge in [-0.05, 0) is 6.92 Å². The molecule has 0 saturated carbocycles. The third kappa shape index (κ3) is 3.18. The van der Waals surface area contributed by atoms with Crippen LogP contribution in [-0.4, -0.2) is 53.5 Å². The molecule has 0 radical (unpaired) electrons. The van der Waals surface area contributed by atoms with E-state index in [1.165, 1.54) is 0 Å². The Morgan fingerprint density at radius 2 is 2.08 bits per heavy atom. The molecule has 1 aliphatic heterocycles. The molecule has 0 aromatic rings. The van der Waals surface area contributed by atoms with Crippen molar-refractivity contribution in [2.75, 3.05) is 13.4 Å². The Morgan fingerprint density at radius 3 is 2.62 bits per heavy atom. The first-order valence-corrected chi connectivity index (χ1v) is 4.00. The van der Waals surface area contributed by atoms with E-state index in [4.69, 9.17) is 29.5 Å². The Labute approximate surface area is 75.6 Å². The molecule has 0 aromatic heterocycles. The summed E-state index contributed by atoms with van der Waals surface area (Å²) in [5.74, 6) is 0. The number of aliphatic hydroxyl groups excluding tert-OH is 2. The Hall–Kier alpha value is -0.240. The predicted octanol–water partition coefficient (Wildman–Crippen LogP) is -1.61. The molecule has 0 spiro atoms. The van der Waals surface area contributed by atoms with E-state index < -0.39 is 18.7 Å². The molecule has 0 aromatic carbocycles. The number of hydrogen-bond donors (Lipinski definition) is 3. The lowest BCUT2D eigenvalue weighted by Crippen LogP contribution is -2.43. The van der Waals surface area contributed by atoms with Crippen molar-refractivity contribution in [3.63, 3.8) is 0 Å². The Morgan fingerprint density at radius 1 is 1.38 bits per heavy atom. The van der Waals surface area contributed by atoms with E-state index in [0.717, 1.165) is 0 Å². The van der Waals surface area contributed by atoms with Gasteiger partial charge in [0.05, 0.1) is 12.7 Å². The molecule has 0 bridgehead atoms. The molecular formula is C7H14O6. The molecule has 3 N–H and O–H groups in total. The Balaban J connectivity index is 2.33. The summed E-state index contributed by atoms with van der Waals surface area (Å²) >= 11 is 0. The lowest BCUT2D eigenvalue weighted by molar-refractivity contribution is -0.289. The molecule has 1 aliphatic rings. The predicted molar refractivity (Wildman–Crippen MR) is 40.5 cm³/mol. The summed E-state index contributed by atoms with van der Waals surface area (Å²) in [6.07, 6.45) is -4.25. The quantitative estimate of drug-likeness (QED) is 0.469. The fraction of sp³-hybridized carbons (Fsp3) is 1.00. The highest BCUT2D eigenvalue weighted by Gasteiger charge is 2.27. The van der Waals surface area contributed by atoms with Crippen molar-refractivity contribution in [2.45, 2.75) is 31.7 Å². The first-order chi connectivity index (χ1) is 6.11. The first-order valence-electron chi connectivity index (χ1n) is 4.00. The number of rotatable bonds is 3. The van der Waals surface area contributed by atoms with Crippen LogP contribution < -0.4 is 0 Å². The van der Waals surface area contributed by atoms with Crippen LogP contribution >= 0.6 is 0 Å².